The molecule has 0 spiro atoms. The molecule has 2 N–H and O–H groups in total. The van der Waals surface area contributed by atoms with E-state index in [1.165, 1.54) is 23.4 Å². The second kappa shape index (κ2) is 9.35. The molecule has 0 bridgehead atoms. The molecule has 7 nitrogen and oxygen atoms in total. The predicted octanol–water partition coefficient (Wildman–Crippen LogP) is 4.80. The fourth-order valence-corrected chi connectivity index (χ4v) is 3.74. The van der Waals surface area contributed by atoms with E-state index >= 15 is 0 Å². The van der Waals surface area contributed by atoms with Crippen LogP contribution in [0.1, 0.15) is 29.0 Å². The van der Waals surface area contributed by atoms with Crippen LogP contribution in [0.2, 0.25) is 0 Å². The van der Waals surface area contributed by atoms with Gasteiger partial charge in [0.25, 0.3) is 5.91 Å². The van der Waals surface area contributed by atoms with E-state index in [1.807, 2.05) is 0 Å². The molecule has 1 saturated heterocycles. The number of nitrogens with zero attached hydrogens (tertiary/aromatic N) is 2. The van der Waals surface area contributed by atoms with E-state index in [4.69, 9.17) is 4.42 Å². The van der Waals surface area contributed by atoms with Crippen molar-refractivity contribution in [1.82, 2.24) is 4.98 Å². The number of aromatic nitrogens is 1. The number of anilines is 3. The number of halogens is 3. The van der Waals surface area contributed by atoms with Crippen LogP contribution in [0.15, 0.2) is 65.4 Å². The lowest BCUT2D eigenvalue weighted by Gasteiger charge is -2.34. The molecule has 3 aromatic rings. The molecular weight excluding hydrogens is 437 g/mol. The van der Waals surface area contributed by atoms with Gasteiger partial charge in [-0.2, -0.15) is 13.2 Å². The van der Waals surface area contributed by atoms with Crippen LogP contribution in [0.25, 0.3) is 0 Å². The Labute approximate surface area is 187 Å². The van der Waals surface area contributed by atoms with Gasteiger partial charge < -0.3 is 20.0 Å². The maximum atomic E-state index is 13.4. The lowest BCUT2D eigenvalue weighted by molar-refractivity contribution is -0.137. The van der Waals surface area contributed by atoms with Crippen molar-refractivity contribution in [3.05, 3.63) is 72.3 Å². The number of hydrogen-bond donors (Lipinski definition) is 2. The van der Waals surface area contributed by atoms with Crippen LogP contribution in [-0.4, -0.2) is 29.9 Å². The maximum absolute atomic E-state index is 13.4. The molecule has 172 valence electrons. The zero-order valence-corrected chi connectivity index (χ0v) is 17.4. The Hall–Kier alpha value is -3.82. The van der Waals surface area contributed by atoms with E-state index < -0.39 is 23.6 Å². The Morgan fingerprint density at radius 3 is 2.42 bits per heavy atom. The fraction of sp³-hybridized carbons (Fsp3) is 0.261. The minimum Gasteiger partial charge on any atom is -0.459 e. The van der Waals surface area contributed by atoms with Crippen LogP contribution < -0.4 is 15.5 Å². The Morgan fingerprint density at radius 1 is 1.03 bits per heavy atom. The van der Waals surface area contributed by atoms with Crippen LogP contribution in [0.3, 0.4) is 0 Å². The highest BCUT2D eigenvalue weighted by atomic mass is 19.4. The van der Waals surface area contributed by atoms with Crippen LogP contribution >= 0.6 is 0 Å². The summed E-state index contributed by atoms with van der Waals surface area (Å²) in [5.41, 5.74) is 0.230. The zero-order chi connectivity index (χ0) is 23.4. The first-order valence-corrected chi connectivity index (χ1v) is 10.3. The van der Waals surface area contributed by atoms with Crippen LogP contribution in [-0.2, 0) is 11.0 Å². The highest BCUT2D eigenvalue weighted by Crippen LogP contribution is 2.36. The molecule has 0 aliphatic carbocycles. The second-order valence-corrected chi connectivity index (χ2v) is 7.66. The second-order valence-electron chi connectivity index (χ2n) is 7.66. The molecular formula is C23H21F3N4O3. The van der Waals surface area contributed by atoms with Gasteiger partial charge in [-0.3, -0.25) is 9.59 Å². The Balaban J connectivity index is 1.38. The van der Waals surface area contributed by atoms with Gasteiger partial charge in [0.1, 0.15) is 5.82 Å². The predicted molar refractivity (Wildman–Crippen MR) is 116 cm³/mol. The van der Waals surface area contributed by atoms with Gasteiger partial charge in [-0.15, -0.1) is 0 Å². The summed E-state index contributed by atoms with van der Waals surface area (Å²) in [5, 5.41) is 5.48. The molecule has 1 aliphatic heterocycles. The Kier molecular flexibility index (Phi) is 6.34. The van der Waals surface area contributed by atoms with Crippen molar-refractivity contribution >= 4 is 29.0 Å². The number of amides is 2. The number of pyridine rings is 1. The number of alkyl halides is 3. The van der Waals surface area contributed by atoms with Gasteiger partial charge in [0.2, 0.25) is 5.91 Å². The summed E-state index contributed by atoms with van der Waals surface area (Å²) in [6.07, 6.45) is -0.664. The Bertz CT molecular complexity index is 1110. The first-order valence-electron chi connectivity index (χ1n) is 10.3. The zero-order valence-electron chi connectivity index (χ0n) is 17.4. The summed E-state index contributed by atoms with van der Waals surface area (Å²) < 4.78 is 45.1. The standard InChI is InChI=1S/C23H21F3N4O3/c24-23(25,26)18-5-1-11-27-20(18)30-12-2-4-15(14-30)21(31)28-16-7-9-17(10-8-16)29-22(32)19-6-3-13-33-19/h1,3,5-11,13,15H,2,4,12,14H2,(H,28,31)(H,29,32). The van der Waals surface area contributed by atoms with Crippen molar-refractivity contribution < 1.29 is 27.2 Å². The molecule has 2 amide bonds. The van der Waals surface area contributed by atoms with Crippen molar-refractivity contribution in [3.63, 3.8) is 0 Å². The number of carbonyl (C=O) groups excluding carboxylic acids is 2. The van der Waals surface area contributed by atoms with E-state index in [2.05, 4.69) is 15.6 Å². The van der Waals surface area contributed by atoms with Crippen molar-refractivity contribution in [2.75, 3.05) is 28.6 Å². The molecule has 1 unspecified atom stereocenters. The SMILES string of the molecule is O=C(Nc1ccc(NC(=O)C2CCCN(c3ncccc3C(F)(F)F)C2)cc1)c1ccco1. The van der Waals surface area contributed by atoms with Crippen molar-refractivity contribution in [3.8, 4) is 0 Å². The van der Waals surface area contributed by atoms with Crippen LogP contribution in [0, 0.1) is 5.92 Å². The molecule has 2 aromatic heterocycles. The highest BCUT2D eigenvalue weighted by Gasteiger charge is 2.37. The van der Waals surface area contributed by atoms with Gasteiger partial charge in [-0.25, -0.2) is 4.98 Å². The topological polar surface area (TPSA) is 87.5 Å². The summed E-state index contributed by atoms with van der Waals surface area (Å²) in [6.45, 7) is 0.539. The molecule has 1 aliphatic rings. The summed E-state index contributed by atoms with van der Waals surface area (Å²) in [6, 6.07) is 11.9. The molecule has 1 atom stereocenters. The van der Waals surface area contributed by atoms with Gasteiger partial charge in [-0.1, -0.05) is 0 Å². The number of benzene rings is 1. The number of furan rings is 1. The van der Waals surface area contributed by atoms with Gasteiger partial charge >= 0.3 is 6.18 Å². The van der Waals surface area contributed by atoms with Gasteiger partial charge in [0, 0.05) is 30.7 Å². The van der Waals surface area contributed by atoms with Gasteiger partial charge in [-0.05, 0) is 61.4 Å². The number of nitrogens with one attached hydrogen (secondary N) is 2. The number of rotatable bonds is 5. The van der Waals surface area contributed by atoms with Gasteiger partial charge in [0.15, 0.2) is 5.76 Å². The maximum Gasteiger partial charge on any atom is 0.419 e. The average Bonchev–Trinajstić information content (AvgIpc) is 3.35. The van der Waals surface area contributed by atoms with E-state index in [9.17, 15) is 22.8 Å². The molecule has 3 heterocycles. The minimum absolute atomic E-state index is 0.142. The number of hydrogen-bond acceptors (Lipinski definition) is 5. The third kappa shape index (κ3) is 5.33. The van der Waals surface area contributed by atoms with Crippen molar-refractivity contribution in [2.45, 2.75) is 19.0 Å². The van der Waals surface area contributed by atoms with Crippen molar-refractivity contribution in [1.29, 1.82) is 0 Å². The third-order valence-corrected chi connectivity index (χ3v) is 5.34. The number of piperidine rings is 1. The highest BCUT2D eigenvalue weighted by molar-refractivity contribution is 6.02. The first kappa shape index (κ1) is 22.4. The smallest absolute Gasteiger partial charge is 0.419 e. The number of carbonyl (C=O) groups is 2. The van der Waals surface area contributed by atoms with Gasteiger partial charge in [0.05, 0.1) is 17.7 Å². The normalized spacial score (nSPS) is 16.3. The van der Waals surface area contributed by atoms with E-state index in [1.54, 1.807) is 36.4 Å². The largest absolute Gasteiger partial charge is 0.459 e. The summed E-state index contributed by atoms with van der Waals surface area (Å²) in [5.74, 6) is -1.14. The molecule has 10 heteroatoms. The monoisotopic (exact) mass is 458 g/mol. The van der Waals surface area contributed by atoms with E-state index in [0.717, 1.165) is 6.07 Å². The quantitative estimate of drug-likeness (QED) is 0.574. The van der Waals surface area contributed by atoms with E-state index in [-0.39, 0.29) is 24.0 Å². The van der Waals surface area contributed by atoms with Crippen molar-refractivity contribution in [2.24, 2.45) is 5.92 Å². The lowest BCUT2D eigenvalue weighted by Crippen LogP contribution is -2.42. The molecule has 33 heavy (non-hydrogen) atoms. The average molecular weight is 458 g/mol. The molecule has 1 aromatic carbocycles. The molecule has 1 fully saturated rings. The molecule has 0 radical (unpaired) electrons. The summed E-state index contributed by atoms with van der Waals surface area (Å²) in [7, 11) is 0. The van der Waals surface area contributed by atoms with E-state index in [0.29, 0.717) is 30.8 Å². The lowest BCUT2D eigenvalue weighted by atomic mass is 9.96. The minimum atomic E-state index is -4.52. The van der Waals surface area contributed by atoms with Crippen LogP contribution in [0.5, 0.6) is 0 Å². The van der Waals surface area contributed by atoms with Crippen LogP contribution in [0.4, 0.5) is 30.4 Å². The Morgan fingerprint density at radius 2 is 1.76 bits per heavy atom. The third-order valence-electron chi connectivity index (χ3n) is 5.34. The summed E-state index contributed by atoms with van der Waals surface area (Å²) >= 11 is 0. The molecule has 4 rings (SSSR count). The fourth-order valence-electron chi connectivity index (χ4n) is 3.74. The summed E-state index contributed by atoms with van der Waals surface area (Å²) in [4.78, 5) is 30.3. The molecule has 0 saturated carbocycles. The first-order chi connectivity index (χ1) is 15.8.